The summed E-state index contributed by atoms with van der Waals surface area (Å²) in [6.45, 7) is 3.66. The second-order valence-electron chi connectivity index (χ2n) is 6.10. The molecule has 0 unspecified atom stereocenters. The highest BCUT2D eigenvalue weighted by atomic mass is 16.5. The Hall–Kier alpha value is -1.75. The van der Waals surface area contributed by atoms with Crippen molar-refractivity contribution in [2.45, 2.75) is 51.0 Å². The standard InChI is InChI=1S/C18H28N2O3/c1-2-22-15-7-9-16(10-8-15)23-13-5-6-17(21)20-18(14-19)11-3-4-12-18/h7-10H,2-6,11-14,19H2,1H3,(H,20,21). The molecular weight excluding hydrogens is 292 g/mol. The number of benzene rings is 1. The molecule has 0 aromatic heterocycles. The molecule has 0 aliphatic heterocycles. The summed E-state index contributed by atoms with van der Waals surface area (Å²) in [5.74, 6) is 1.71. The van der Waals surface area contributed by atoms with Crippen LogP contribution in [0.5, 0.6) is 11.5 Å². The van der Waals surface area contributed by atoms with Gasteiger partial charge in [0.2, 0.25) is 5.91 Å². The van der Waals surface area contributed by atoms with Crippen LogP contribution in [0.15, 0.2) is 24.3 Å². The van der Waals surface area contributed by atoms with Gasteiger partial charge in [-0.3, -0.25) is 4.79 Å². The first kappa shape index (κ1) is 17.6. The van der Waals surface area contributed by atoms with Gasteiger partial charge in [-0.05, 0) is 50.5 Å². The van der Waals surface area contributed by atoms with Gasteiger partial charge in [0.1, 0.15) is 11.5 Å². The maximum atomic E-state index is 12.1. The highest BCUT2D eigenvalue weighted by molar-refractivity contribution is 5.76. The molecular formula is C18H28N2O3. The van der Waals surface area contributed by atoms with Gasteiger partial charge in [0.15, 0.2) is 0 Å². The van der Waals surface area contributed by atoms with E-state index < -0.39 is 0 Å². The van der Waals surface area contributed by atoms with E-state index in [0.717, 1.165) is 37.2 Å². The molecule has 0 atom stereocenters. The molecule has 1 amide bonds. The number of hydrogen-bond acceptors (Lipinski definition) is 4. The Morgan fingerprint density at radius 3 is 2.35 bits per heavy atom. The Balaban J connectivity index is 1.65. The van der Waals surface area contributed by atoms with Crippen molar-refractivity contribution in [3.8, 4) is 11.5 Å². The summed E-state index contributed by atoms with van der Waals surface area (Å²) in [6.07, 6.45) is 5.46. The highest BCUT2D eigenvalue weighted by Crippen LogP contribution is 2.28. The van der Waals surface area contributed by atoms with E-state index in [2.05, 4.69) is 5.32 Å². The van der Waals surface area contributed by atoms with Crippen molar-refractivity contribution in [3.05, 3.63) is 24.3 Å². The molecule has 0 heterocycles. The van der Waals surface area contributed by atoms with Crippen LogP contribution in [-0.4, -0.2) is 31.2 Å². The van der Waals surface area contributed by atoms with Crippen molar-refractivity contribution >= 4 is 5.91 Å². The molecule has 1 aliphatic carbocycles. The minimum absolute atomic E-state index is 0.0765. The highest BCUT2D eigenvalue weighted by Gasteiger charge is 2.33. The molecule has 1 aromatic carbocycles. The molecule has 0 saturated heterocycles. The van der Waals surface area contributed by atoms with Gasteiger partial charge in [-0.1, -0.05) is 12.8 Å². The van der Waals surface area contributed by atoms with E-state index in [-0.39, 0.29) is 11.4 Å². The van der Waals surface area contributed by atoms with Crippen molar-refractivity contribution in [2.75, 3.05) is 19.8 Å². The lowest BCUT2D eigenvalue weighted by atomic mass is 9.97. The van der Waals surface area contributed by atoms with Crippen molar-refractivity contribution < 1.29 is 14.3 Å². The maximum absolute atomic E-state index is 12.1. The molecule has 1 aromatic rings. The Bertz CT molecular complexity index is 482. The van der Waals surface area contributed by atoms with E-state index in [1.54, 1.807) is 0 Å². The Morgan fingerprint density at radius 1 is 1.17 bits per heavy atom. The molecule has 23 heavy (non-hydrogen) atoms. The maximum Gasteiger partial charge on any atom is 0.220 e. The fourth-order valence-electron chi connectivity index (χ4n) is 3.01. The van der Waals surface area contributed by atoms with Crippen molar-refractivity contribution in [1.82, 2.24) is 5.32 Å². The number of nitrogens with one attached hydrogen (secondary N) is 1. The summed E-state index contributed by atoms with van der Waals surface area (Å²) in [5.41, 5.74) is 5.67. The zero-order valence-corrected chi connectivity index (χ0v) is 14.0. The van der Waals surface area contributed by atoms with Crippen molar-refractivity contribution in [2.24, 2.45) is 5.73 Å². The van der Waals surface area contributed by atoms with E-state index >= 15 is 0 Å². The predicted octanol–water partition coefficient (Wildman–Crippen LogP) is 2.63. The fraction of sp³-hybridized carbons (Fsp3) is 0.611. The zero-order valence-electron chi connectivity index (χ0n) is 14.0. The van der Waals surface area contributed by atoms with E-state index in [1.165, 1.54) is 0 Å². The summed E-state index contributed by atoms with van der Waals surface area (Å²) in [5, 5.41) is 3.13. The summed E-state index contributed by atoms with van der Waals surface area (Å²) in [7, 11) is 0. The molecule has 5 nitrogen and oxygen atoms in total. The number of rotatable bonds is 9. The topological polar surface area (TPSA) is 73.6 Å². The smallest absolute Gasteiger partial charge is 0.220 e. The van der Waals surface area contributed by atoms with Crippen LogP contribution in [0.25, 0.3) is 0 Å². The third-order valence-electron chi connectivity index (χ3n) is 4.31. The number of carbonyl (C=O) groups excluding carboxylic acids is 1. The number of amides is 1. The van der Waals surface area contributed by atoms with Crippen molar-refractivity contribution in [1.29, 1.82) is 0 Å². The molecule has 1 aliphatic rings. The van der Waals surface area contributed by atoms with Crippen LogP contribution in [0.2, 0.25) is 0 Å². The number of nitrogens with two attached hydrogens (primary N) is 1. The first-order valence-corrected chi connectivity index (χ1v) is 8.54. The number of carbonyl (C=O) groups is 1. The summed E-state index contributed by atoms with van der Waals surface area (Å²) >= 11 is 0. The first-order chi connectivity index (χ1) is 11.2. The van der Waals surface area contributed by atoms with Crippen molar-refractivity contribution in [3.63, 3.8) is 0 Å². The zero-order chi connectivity index (χ0) is 16.5. The van der Waals surface area contributed by atoms with Crippen LogP contribution in [0, 0.1) is 0 Å². The van der Waals surface area contributed by atoms with Gasteiger partial charge in [-0.25, -0.2) is 0 Å². The van der Waals surface area contributed by atoms with E-state index in [4.69, 9.17) is 15.2 Å². The molecule has 1 saturated carbocycles. The number of hydrogen-bond donors (Lipinski definition) is 2. The third-order valence-corrected chi connectivity index (χ3v) is 4.31. The van der Waals surface area contributed by atoms with Gasteiger partial charge in [0.05, 0.1) is 18.8 Å². The lowest BCUT2D eigenvalue weighted by molar-refractivity contribution is -0.123. The van der Waals surface area contributed by atoms with Gasteiger partial charge in [0.25, 0.3) is 0 Å². The summed E-state index contributed by atoms with van der Waals surface area (Å²) < 4.78 is 11.0. The monoisotopic (exact) mass is 320 g/mol. The molecule has 0 radical (unpaired) electrons. The van der Waals surface area contributed by atoms with E-state index in [0.29, 0.717) is 32.6 Å². The molecule has 1 fully saturated rings. The SMILES string of the molecule is CCOc1ccc(OCCCC(=O)NC2(CN)CCCC2)cc1. The predicted molar refractivity (Wildman–Crippen MR) is 90.7 cm³/mol. The Kier molecular flexibility index (Phi) is 6.71. The third kappa shape index (κ3) is 5.43. The summed E-state index contributed by atoms with van der Waals surface area (Å²) in [6, 6.07) is 7.54. The van der Waals surface area contributed by atoms with Crippen LogP contribution in [0.1, 0.15) is 45.4 Å². The minimum Gasteiger partial charge on any atom is -0.494 e. The quantitative estimate of drug-likeness (QED) is 0.686. The van der Waals surface area contributed by atoms with Crippen LogP contribution >= 0.6 is 0 Å². The first-order valence-electron chi connectivity index (χ1n) is 8.54. The Labute approximate surface area is 138 Å². The van der Waals surface area contributed by atoms with E-state index in [9.17, 15) is 4.79 Å². The number of ether oxygens (including phenoxy) is 2. The Morgan fingerprint density at radius 2 is 1.78 bits per heavy atom. The van der Waals surface area contributed by atoms with Gasteiger partial charge in [-0.2, -0.15) is 0 Å². The lowest BCUT2D eigenvalue weighted by Gasteiger charge is -2.28. The van der Waals surface area contributed by atoms with Crippen LogP contribution < -0.4 is 20.5 Å². The average molecular weight is 320 g/mol. The van der Waals surface area contributed by atoms with Gasteiger partial charge in [-0.15, -0.1) is 0 Å². The molecule has 0 spiro atoms. The second-order valence-corrected chi connectivity index (χ2v) is 6.10. The van der Waals surface area contributed by atoms with E-state index in [1.807, 2.05) is 31.2 Å². The largest absolute Gasteiger partial charge is 0.494 e. The minimum atomic E-state index is -0.160. The fourth-order valence-corrected chi connectivity index (χ4v) is 3.01. The van der Waals surface area contributed by atoms with Gasteiger partial charge in [0, 0.05) is 13.0 Å². The molecule has 0 bridgehead atoms. The second kappa shape index (κ2) is 8.77. The normalized spacial score (nSPS) is 16.1. The summed E-state index contributed by atoms with van der Waals surface area (Å²) in [4.78, 5) is 12.1. The molecule has 128 valence electrons. The average Bonchev–Trinajstić information content (AvgIpc) is 3.02. The van der Waals surface area contributed by atoms with Crippen LogP contribution in [-0.2, 0) is 4.79 Å². The molecule has 3 N–H and O–H groups in total. The van der Waals surface area contributed by atoms with Crippen LogP contribution in [0.4, 0.5) is 0 Å². The van der Waals surface area contributed by atoms with Gasteiger partial charge >= 0.3 is 0 Å². The molecule has 5 heteroatoms. The molecule has 2 rings (SSSR count). The van der Waals surface area contributed by atoms with Crippen LogP contribution in [0.3, 0.4) is 0 Å². The lowest BCUT2D eigenvalue weighted by Crippen LogP contribution is -2.51. The van der Waals surface area contributed by atoms with Gasteiger partial charge < -0.3 is 20.5 Å².